The monoisotopic (exact) mass is 170 g/mol. The van der Waals surface area contributed by atoms with Crippen molar-refractivity contribution in [2.45, 2.75) is 18.9 Å². The van der Waals surface area contributed by atoms with E-state index < -0.39 is 0 Å². The zero-order chi connectivity index (χ0) is 8.23. The van der Waals surface area contributed by atoms with Crippen molar-refractivity contribution in [1.82, 2.24) is 10.2 Å². The molecule has 2 fully saturated rings. The molecule has 2 aliphatic heterocycles. The van der Waals surface area contributed by atoms with Crippen LogP contribution in [0.2, 0.25) is 0 Å². The Labute approximate surface area is 74.1 Å². The SMILES string of the molecule is C1CNC[C@H](N2CCOCC2)C1. The van der Waals surface area contributed by atoms with Crippen LogP contribution in [0, 0.1) is 0 Å². The first-order valence-electron chi connectivity index (χ1n) is 4.99. The second kappa shape index (κ2) is 4.21. The van der Waals surface area contributed by atoms with Crippen molar-refractivity contribution < 1.29 is 4.74 Å². The number of hydrogen-bond donors (Lipinski definition) is 1. The maximum atomic E-state index is 5.33. The van der Waals surface area contributed by atoms with E-state index in [9.17, 15) is 0 Å². The van der Waals surface area contributed by atoms with Gasteiger partial charge < -0.3 is 10.1 Å². The number of ether oxygens (including phenoxy) is 1. The van der Waals surface area contributed by atoms with Crippen LogP contribution < -0.4 is 5.32 Å². The third-order valence-electron chi connectivity index (χ3n) is 2.83. The third kappa shape index (κ3) is 1.97. The highest BCUT2D eigenvalue weighted by Crippen LogP contribution is 2.11. The molecule has 1 atom stereocenters. The predicted molar refractivity (Wildman–Crippen MR) is 48.3 cm³/mol. The van der Waals surface area contributed by atoms with Gasteiger partial charge in [0, 0.05) is 25.7 Å². The van der Waals surface area contributed by atoms with Gasteiger partial charge in [0.1, 0.15) is 0 Å². The summed E-state index contributed by atoms with van der Waals surface area (Å²) in [5.74, 6) is 0. The summed E-state index contributed by atoms with van der Waals surface area (Å²) in [7, 11) is 0. The van der Waals surface area contributed by atoms with E-state index in [0.29, 0.717) is 0 Å². The summed E-state index contributed by atoms with van der Waals surface area (Å²) in [6.07, 6.45) is 2.70. The Bertz CT molecular complexity index is 112. The number of piperidine rings is 1. The Kier molecular flexibility index (Phi) is 2.98. The fraction of sp³-hybridized carbons (Fsp3) is 1.00. The average Bonchev–Trinajstić information content (AvgIpc) is 2.21. The number of morpholine rings is 1. The van der Waals surface area contributed by atoms with Crippen LogP contribution in [0.1, 0.15) is 12.8 Å². The molecule has 0 amide bonds. The van der Waals surface area contributed by atoms with Crippen LogP contribution in [0.15, 0.2) is 0 Å². The quantitative estimate of drug-likeness (QED) is 0.603. The molecule has 2 rings (SSSR count). The van der Waals surface area contributed by atoms with Crippen LogP contribution in [0.3, 0.4) is 0 Å². The van der Waals surface area contributed by atoms with E-state index in [1.807, 2.05) is 0 Å². The molecule has 3 heteroatoms. The molecule has 3 nitrogen and oxygen atoms in total. The molecule has 0 radical (unpaired) electrons. The molecular formula is C9H18N2O. The average molecular weight is 170 g/mol. The van der Waals surface area contributed by atoms with E-state index in [0.717, 1.165) is 32.3 Å². The Balaban J connectivity index is 1.80. The molecule has 2 aliphatic rings. The lowest BCUT2D eigenvalue weighted by Crippen LogP contribution is -2.50. The largest absolute Gasteiger partial charge is 0.379 e. The van der Waals surface area contributed by atoms with Crippen LogP contribution in [0.25, 0.3) is 0 Å². The highest BCUT2D eigenvalue weighted by atomic mass is 16.5. The van der Waals surface area contributed by atoms with Crippen molar-refractivity contribution in [3.05, 3.63) is 0 Å². The third-order valence-corrected chi connectivity index (χ3v) is 2.83. The van der Waals surface area contributed by atoms with Gasteiger partial charge in [-0.3, -0.25) is 4.90 Å². The van der Waals surface area contributed by atoms with Gasteiger partial charge in [-0.2, -0.15) is 0 Å². The van der Waals surface area contributed by atoms with Gasteiger partial charge in [-0.05, 0) is 19.4 Å². The molecule has 1 N–H and O–H groups in total. The number of hydrogen-bond acceptors (Lipinski definition) is 3. The second-order valence-electron chi connectivity index (χ2n) is 3.65. The lowest BCUT2D eigenvalue weighted by Gasteiger charge is -2.36. The Morgan fingerprint density at radius 1 is 1.25 bits per heavy atom. The molecule has 0 unspecified atom stereocenters. The van der Waals surface area contributed by atoms with Gasteiger partial charge in [-0.1, -0.05) is 0 Å². The molecule has 0 aromatic carbocycles. The van der Waals surface area contributed by atoms with Gasteiger partial charge in [0.25, 0.3) is 0 Å². The van der Waals surface area contributed by atoms with Crippen molar-refractivity contribution >= 4 is 0 Å². The minimum absolute atomic E-state index is 0.780. The van der Waals surface area contributed by atoms with E-state index in [1.165, 1.54) is 25.9 Å². The summed E-state index contributed by atoms with van der Waals surface area (Å²) < 4.78 is 5.33. The number of nitrogens with one attached hydrogen (secondary N) is 1. The Hall–Kier alpha value is -0.120. The molecule has 2 saturated heterocycles. The van der Waals surface area contributed by atoms with Crippen LogP contribution >= 0.6 is 0 Å². The maximum Gasteiger partial charge on any atom is 0.0594 e. The molecule has 0 spiro atoms. The second-order valence-corrected chi connectivity index (χ2v) is 3.65. The van der Waals surface area contributed by atoms with Crippen molar-refractivity contribution in [2.24, 2.45) is 0 Å². The van der Waals surface area contributed by atoms with Crippen molar-refractivity contribution in [3.8, 4) is 0 Å². The van der Waals surface area contributed by atoms with E-state index in [-0.39, 0.29) is 0 Å². The molecule has 0 saturated carbocycles. The van der Waals surface area contributed by atoms with Gasteiger partial charge in [0.2, 0.25) is 0 Å². The van der Waals surface area contributed by atoms with E-state index in [4.69, 9.17) is 4.74 Å². The first-order chi connectivity index (χ1) is 5.97. The molecule has 12 heavy (non-hydrogen) atoms. The number of nitrogens with zero attached hydrogens (tertiary/aromatic N) is 1. The minimum atomic E-state index is 0.780. The first kappa shape index (κ1) is 8.48. The summed E-state index contributed by atoms with van der Waals surface area (Å²) in [6.45, 7) is 6.51. The van der Waals surface area contributed by atoms with Gasteiger partial charge in [0.15, 0.2) is 0 Å². The highest BCUT2D eigenvalue weighted by Gasteiger charge is 2.21. The van der Waals surface area contributed by atoms with E-state index >= 15 is 0 Å². The first-order valence-corrected chi connectivity index (χ1v) is 4.99. The van der Waals surface area contributed by atoms with Crippen molar-refractivity contribution in [3.63, 3.8) is 0 Å². The summed E-state index contributed by atoms with van der Waals surface area (Å²) in [5.41, 5.74) is 0. The Morgan fingerprint density at radius 3 is 2.75 bits per heavy atom. The van der Waals surface area contributed by atoms with Crippen LogP contribution in [-0.4, -0.2) is 50.3 Å². The molecule has 0 aromatic heterocycles. The minimum Gasteiger partial charge on any atom is -0.379 e. The summed E-state index contributed by atoms with van der Waals surface area (Å²) in [6, 6.07) is 0.780. The van der Waals surface area contributed by atoms with Crippen molar-refractivity contribution in [2.75, 3.05) is 39.4 Å². The molecule has 0 aliphatic carbocycles. The smallest absolute Gasteiger partial charge is 0.0594 e. The summed E-state index contributed by atoms with van der Waals surface area (Å²) in [5, 5.41) is 3.45. The highest BCUT2D eigenvalue weighted by molar-refractivity contribution is 4.79. The normalized spacial score (nSPS) is 33.5. The standard InChI is InChI=1S/C9H18N2O/c1-2-9(8-10-3-1)11-4-6-12-7-5-11/h9-10H,1-8H2/t9-/m1/s1. The topological polar surface area (TPSA) is 24.5 Å². The molecule has 70 valence electrons. The van der Waals surface area contributed by atoms with Gasteiger partial charge in [-0.15, -0.1) is 0 Å². The lowest BCUT2D eigenvalue weighted by atomic mass is 10.1. The van der Waals surface area contributed by atoms with E-state index in [2.05, 4.69) is 10.2 Å². The fourth-order valence-corrected chi connectivity index (χ4v) is 2.09. The zero-order valence-electron chi connectivity index (χ0n) is 7.59. The Morgan fingerprint density at radius 2 is 2.08 bits per heavy atom. The summed E-state index contributed by atoms with van der Waals surface area (Å²) >= 11 is 0. The van der Waals surface area contributed by atoms with Gasteiger partial charge in [0.05, 0.1) is 13.2 Å². The summed E-state index contributed by atoms with van der Waals surface area (Å²) in [4.78, 5) is 2.57. The maximum absolute atomic E-state index is 5.33. The fourth-order valence-electron chi connectivity index (χ4n) is 2.09. The molecular weight excluding hydrogens is 152 g/mol. The van der Waals surface area contributed by atoms with Gasteiger partial charge in [-0.25, -0.2) is 0 Å². The van der Waals surface area contributed by atoms with Crippen LogP contribution in [0.5, 0.6) is 0 Å². The van der Waals surface area contributed by atoms with Crippen LogP contribution in [0.4, 0.5) is 0 Å². The van der Waals surface area contributed by atoms with Gasteiger partial charge >= 0.3 is 0 Å². The lowest BCUT2D eigenvalue weighted by molar-refractivity contribution is 0.0116. The predicted octanol–water partition coefficient (Wildman–Crippen LogP) is 0.0706. The number of rotatable bonds is 1. The molecule has 0 aromatic rings. The van der Waals surface area contributed by atoms with E-state index in [1.54, 1.807) is 0 Å². The van der Waals surface area contributed by atoms with Crippen molar-refractivity contribution in [1.29, 1.82) is 0 Å². The van der Waals surface area contributed by atoms with Crippen LogP contribution in [-0.2, 0) is 4.74 Å². The zero-order valence-corrected chi connectivity index (χ0v) is 7.59. The molecule has 2 heterocycles. The molecule has 0 bridgehead atoms.